The normalized spacial score (nSPS) is 14.1. The Bertz CT molecular complexity index is 1220. The minimum absolute atomic E-state index is 0.149. The maximum Gasteiger partial charge on any atom is 0.460 e. The largest absolute Gasteiger partial charge is 0.460 e. The average Bonchev–Trinajstić information content (AvgIpc) is 3.05. The predicted octanol–water partition coefficient (Wildman–Crippen LogP) is 13.5. The fraction of sp³-hybridized carbons (Fsp3) is 0.774. The number of carbonyl (C=O) groups is 1. The molecule has 0 spiro atoms. The minimum Gasteiger partial charge on any atom is -0.459 e. The summed E-state index contributed by atoms with van der Waals surface area (Å²) in [6.45, 7) is -1.25. The number of benzene rings is 1. The molecule has 2 nitrogen and oxygen atoms in total. The number of esters is 1. The third-order valence-electron chi connectivity index (χ3n) is 7.58. The lowest BCUT2D eigenvalue weighted by Gasteiger charge is -2.43. The van der Waals surface area contributed by atoms with Crippen molar-refractivity contribution in [1.82, 2.24) is 0 Å². The molecular weight excluding hydrogens is 845 g/mol. The molecule has 0 saturated heterocycles. The molecule has 0 amide bonds. The molecule has 53 heavy (non-hydrogen) atoms. The van der Waals surface area contributed by atoms with E-state index in [1.807, 2.05) is 25.1 Å². The summed E-state index contributed by atoms with van der Waals surface area (Å²) in [6, 6.07) is 10.3. The first-order valence-corrected chi connectivity index (χ1v) is 16.9. The molecule has 0 aliphatic carbocycles. The fourth-order valence-electron chi connectivity index (χ4n) is 4.23. The van der Waals surface area contributed by atoms with Crippen molar-refractivity contribution in [3.63, 3.8) is 0 Å². The SMILES string of the molecule is BrCc1ccccc1.CCCCCCCCCCCCCC(=O)OCC(F)(F)C(F)(F)C(F)(F)C(F)(F)C(F)(F)C(F)(F)C(F)(F)C(F)(F)C(F)(F)F. The third kappa shape index (κ3) is 11.7. The molecule has 0 saturated carbocycles. The number of alkyl halides is 20. The zero-order chi connectivity index (χ0) is 41.8. The van der Waals surface area contributed by atoms with Gasteiger partial charge in [0, 0.05) is 11.8 Å². The number of hydrogen-bond acceptors (Lipinski definition) is 2. The maximum absolute atomic E-state index is 13.8. The Morgan fingerprint density at radius 1 is 0.509 bits per heavy atom. The molecular formula is C31H36BrF19O2. The van der Waals surface area contributed by atoms with Crippen molar-refractivity contribution in [1.29, 1.82) is 0 Å². The molecule has 1 rings (SSSR count). The molecule has 0 aromatic heterocycles. The number of rotatable bonds is 22. The number of ether oxygens (including phenoxy) is 1. The molecule has 0 radical (unpaired) electrons. The second kappa shape index (κ2) is 19.6. The van der Waals surface area contributed by atoms with E-state index in [2.05, 4.69) is 32.8 Å². The highest BCUT2D eigenvalue weighted by Gasteiger charge is 2.96. The fourth-order valence-corrected chi connectivity index (χ4v) is 4.60. The zero-order valence-corrected chi connectivity index (χ0v) is 29.2. The number of unbranched alkanes of at least 4 members (excludes halogenated alkanes) is 10. The average molecular weight is 881 g/mol. The highest BCUT2D eigenvalue weighted by atomic mass is 79.9. The van der Waals surface area contributed by atoms with Gasteiger partial charge in [-0.3, -0.25) is 4.79 Å². The molecule has 0 bridgehead atoms. The van der Waals surface area contributed by atoms with Crippen LogP contribution >= 0.6 is 15.9 Å². The van der Waals surface area contributed by atoms with Crippen molar-refractivity contribution in [2.75, 3.05) is 6.61 Å². The second-order valence-corrected chi connectivity index (χ2v) is 12.3. The van der Waals surface area contributed by atoms with Gasteiger partial charge >= 0.3 is 59.5 Å². The molecule has 312 valence electrons. The van der Waals surface area contributed by atoms with Crippen molar-refractivity contribution >= 4 is 21.9 Å². The van der Waals surface area contributed by atoms with Gasteiger partial charge < -0.3 is 4.74 Å². The summed E-state index contributed by atoms with van der Waals surface area (Å²) < 4.78 is 256. The van der Waals surface area contributed by atoms with Crippen LogP contribution in [-0.4, -0.2) is 66.1 Å². The minimum atomic E-state index is -8.98. The quantitative estimate of drug-likeness (QED) is 0.0502. The van der Waals surface area contributed by atoms with Crippen LogP contribution in [0.1, 0.15) is 89.5 Å². The lowest BCUT2D eigenvalue weighted by molar-refractivity contribution is -0.469. The highest BCUT2D eigenvalue weighted by Crippen LogP contribution is 2.65. The van der Waals surface area contributed by atoms with Gasteiger partial charge in [0.25, 0.3) is 0 Å². The van der Waals surface area contributed by atoms with E-state index in [0.29, 0.717) is 12.8 Å². The Hall–Kier alpha value is -2.16. The van der Waals surface area contributed by atoms with Crippen LogP contribution in [0.2, 0.25) is 0 Å². The Kier molecular flexibility index (Phi) is 18.8. The molecule has 0 fully saturated rings. The van der Waals surface area contributed by atoms with Crippen molar-refractivity contribution < 1.29 is 92.9 Å². The van der Waals surface area contributed by atoms with Gasteiger partial charge in [0.1, 0.15) is 0 Å². The van der Waals surface area contributed by atoms with Gasteiger partial charge in [-0.05, 0) is 12.0 Å². The molecule has 0 unspecified atom stereocenters. The third-order valence-corrected chi connectivity index (χ3v) is 8.22. The van der Waals surface area contributed by atoms with E-state index in [1.54, 1.807) is 0 Å². The van der Waals surface area contributed by atoms with E-state index in [0.717, 1.165) is 50.3 Å². The Labute approximate surface area is 300 Å². The summed E-state index contributed by atoms with van der Waals surface area (Å²) in [6.07, 6.45) is -0.625. The van der Waals surface area contributed by atoms with Crippen LogP contribution in [0.3, 0.4) is 0 Å². The number of hydrogen-bond donors (Lipinski definition) is 0. The van der Waals surface area contributed by atoms with E-state index < -0.39 is 72.6 Å². The predicted molar refractivity (Wildman–Crippen MR) is 157 cm³/mol. The van der Waals surface area contributed by atoms with Crippen molar-refractivity contribution in [3.8, 4) is 0 Å². The van der Waals surface area contributed by atoms with Crippen molar-refractivity contribution in [3.05, 3.63) is 35.9 Å². The van der Waals surface area contributed by atoms with Gasteiger partial charge in [0.15, 0.2) is 6.61 Å². The molecule has 1 aromatic rings. The van der Waals surface area contributed by atoms with Crippen LogP contribution in [0, 0.1) is 0 Å². The van der Waals surface area contributed by atoms with Crippen molar-refractivity contribution in [2.45, 2.75) is 143 Å². The highest BCUT2D eigenvalue weighted by molar-refractivity contribution is 9.08. The van der Waals surface area contributed by atoms with Crippen molar-refractivity contribution in [2.24, 2.45) is 0 Å². The monoisotopic (exact) mass is 880 g/mol. The van der Waals surface area contributed by atoms with Gasteiger partial charge in [0.2, 0.25) is 0 Å². The summed E-state index contributed by atoms with van der Waals surface area (Å²) >= 11 is 3.36. The van der Waals surface area contributed by atoms with Gasteiger partial charge in [-0.25, -0.2) is 0 Å². The smallest absolute Gasteiger partial charge is 0.459 e. The van der Waals surface area contributed by atoms with Gasteiger partial charge in [-0.15, -0.1) is 0 Å². The topological polar surface area (TPSA) is 26.3 Å². The summed E-state index contributed by atoms with van der Waals surface area (Å²) in [5.74, 6) is -69.1. The lowest BCUT2D eigenvalue weighted by atomic mass is 9.87. The lowest BCUT2D eigenvalue weighted by Crippen LogP contribution is -2.76. The summed E-state index contributed by atoms with van der Waals surface area (Å²) in [7, 11) is 0. The molecule has 0 N–H and O–H groups in total. The molecule has 0 heterocycles. The summed E-state index contributed by atoms with van der Waals surface area (Å²) in [4.78, 5) is 11.5. The Morgan fingerprint density at radius 3 is 1.19 bits per heavy atom. The number of halogens is 20. The zero-order valence-electron chi connectivity index (χ0n) is 27.7. The van der Waals surface area contributed by atoms with Crippen LogP contribution in [0.4, 0.5) is 83.4 Å². The van der Waals surface area contributed by atoms with Crippen LogP contribution in [0.15, 0.2) is 30.3 Å². The standard InChI is InChI=1S/C24H29F19O2.C7H7Br/c1-2-3-4-5-6-7-8-9-10-11-12-13-15(44)45-14-16(25,26)17(27,28)18(29,30)19(31,32)20(33,34)21(35,36)22(37,38)23(39,40)24(41,42)43;8-6-7-4-2-1-3-5-7/h2-14H2,1H3;1-5H,6H2. The maximum atomic E-state index is 13.8. The first-order chi connectivity index (χ1) is 23.9. The van der Waals surface area contributed by atoms with Gasteiger partial charge in [-0.2, -0.15) is 83.4 Å². The number of carbonyl (C=O) groups excluding carboxylic acids is 1. The van der Waals surface area contributed by atoms with E-state index in [1.165, 1.54) is 5.56 Å². The summed E-state index contributed by atoms with van der Waals surface area (Å²) in [5.41, 5.74) is 1.33. The van der Waals surface area contributed by atoms with Crippen LogP contribution in [-0.2, 0) is 14.9 Å². The molecule has 0 atom stereocenters. The van der Waals surface area contributed by atoms with Crippen LogP contribution in [0.5, 0.6) is 0 Å². The molecule has 0 aliphatic heterocycles. The summed E-state index contributed by atoms with van der Waals surface area (Å²) in [5, 5.41) is 0.952. The first kappa shape index (κ1) is 50.8. The van der Waals surface area contributed by atoms with E-state index in [9.17, 15) is 88.2 Å². The molecule has 1 aromatic carbocycles. The molecule has 22 heteroatoms. The van der Waals surface area contributed by atoms with Gasteiger partial charge in [-0.1, -0.05) is 117 Å². The second-order valence-electron chi connectivity index (χ2n) is 11.8. The van der Waals surface area contributed by atoms with E-state index >= 15 is 0 Å². The van der Waals surface area contributed by atoms with E-state index in [-0.39, 0.29) is 12.8 Å². The van der Waals surface area contributed by atoms with E-state index in [4.69, 9.17) is 0 Å². The van der Waals surface area contributed by atoms with Crippen LogP contribution in [0.25, 0.3) is 0 Å². The first-order valence-electron chi connectivity index (χ1n) is 15.7. The van der Waals surface area contributed by atoms with Gasteiger partial charge in [0.05, 0.1) is 0 Å². The van der Waals surface area contributed by atoms with Crippen LogP contribution < -0.4 is 0 Å². The Balaban J connectivity index is 0.00000295. The Morgan fingerprint density at radius 2 is 0.849 bits per heavy atom. The molecule has 0 aliphatic rings.